The van der Waals surface area contributed by atoms with Gasteiger partial charge in [-0.2, -0.15) is 5.26 Å². The maximum atomic E-state index is 12.5. The van der Waals surface area contributed by atoms with Crippen LogP contribution in [0.5, 0.6) is 0 Å². The molecule has 0 aliphatic rings. The van der Waals surface area contributed by atoms with Crippen molar-refractivity contribution in [2.45, 2.75) is 6.92 Å². The maximum absolute atomic E-state index is 12.5. The zero-order chi connectivity index (χ0) is 17.4. The molecule has 0 fully saturated rings. The minimum absolute atomic E-state index is 0.252. The Morgan fingerprint density at radius 3 is 2.79 bits per heavy atom. The van der Waals surface area contributed by atoms with Crippen LogP contribution in [0.3, 0.4) is 0 Å². The molecule has 2 aromatic heterocycles. The van der Waals surface area contributed by atoms with Gasteiger partial charge in [-0.1, -0.05) is 27.3 Å². The van der Waals surface area contributed by atoms with E-state index >= 15 is 0 Å². The van der Waals surface area contributed by atoms with Gasteiger partial charge in [0.2, 0.25) is 0 Å². The van der Waals surface area contributed by atoms with Gasteiger partial charge in [-0.05, 0) is 36.8 Å². The molecule has 0 saturated carbocycles. The van der Waals surface area contributed by atoms with Crippen LogP contribution in [0.15, 0.2) is 28.7 Å². The lowest BCUT2D eigenvalue weighted by atomic mass is 10.2. The lowest BCUT2D eigenvalue weighted by molar-refractivity contribution is -0.323. The van der Waals surface area contributed by atoms with Gasteiger partial charge in [0, 0.05) is 10.2 Å². The smallest absolute Gasteiger partial charge is 0.289 e. The highest BCUT2D eigenvalue weighted by atomic mass is 79.9. The first-order valence-corrected chi connectivity index (χ1v) is 8.53. The van der Waals surface area contributed by atoms with E-state index in [9.17, 15) is 4.79 Å². The molecule has 0 spiro atoms. The van der Waals surface area contributed by atoms with Crippen LogP contribution >= 0.6 is 27.3 Å². The van der Waals surface area contributed by atoms with Crippen molar-refractivity contribution >= 4 is 60.6 Å². The molecule has 8 heteroatoms. The predicted molar refractivity (Wildman–Crippen MR) is 98.8 cm³/mol. The Hall–Kier alpha value is -2.63. The average molecular weight is 403 g/mol. The summed E-state index contributed by atoms with van der Waals surface area (Å²) in [5.74, 6) is -0.0531. The quantitative estimate of drug-likeness (QED) is 0.609. The van der Waals surface area contributed by atoms with Crippen LogP contribution in [-0.2, 0) is 0 Å². The molecule has 6 N–H and O–H groups in total. The molecule has 1 amide bonds. The summed E-state index contributed by atoms with van der Waals surface area (Å²) in [6.45, 7) is 1.94. The fourth-order valence-corrected chi connectivity index (χ4v) is 3.53. The number of nitrogens with zero attached hydrogens (tertiary/aromatic N) is 1. The Balaban J connectivity index is 1.99. The van der Waals surface area contributed by atoms with Gasteiger partial charge in [0.15, 0.2) is 4.83 Å². The van der Waals surface area contributed by atoms with Gasteiger partial charge in [0.05, 0.1) is 11.1 Å². The Morgan fingerprint density at radius 1 is 1.38 bits per heavy atom. The number of aromatic nitrogens is 1. The second-order valence-electron chi connectivity index (χ2n) is 5.21. The number of pyridine rings is 1. The SMILES string of the molecule is Cc1cc(NC(=O)c2sc3[nH+]c(N)c(C#N)cc3c2N)ccc1Br. The van der Waals surface area contributed by atoms with E-state index in [1.165, 1.54) is 11.3 Å². The van der Waals surface area contributed by atoms with E-state index in [0.29, 0.717) is 32.0 Å². The average Bonchev–Trinajstić information content (AvgIpc) is 2.86. The van der Waals surface area contributed by atoms with E-state index in [1.807, 2.05) is 25.1 Å². The third-order valence-corrected chi connectivity index (χ3v) is 5.58. The molecule has 120 valence electrons. The second kappa shape index (κ2) is 6.11. The summed E-state index contributed by atoms with van der Waals surface area (Å²) < 4.78 is 0.969. The van der Waals surface area contributed by atoms with Crippen molar-refractivity contribution in [2.75, 3.05) is 16.8 Å². The molecule has 0 saturated heterocycles. The number of carbonyl (C=O) groups excluding carboxylic acids is 1. The molecular weight excluding hydrogens is 390 g/mol. The largest absolute Gasteiger partial charge is 0.397 e. The minimum Gasteiger partial charge on any atom is -0.397 e. The molecular formula is C16H13BrN5OS+. The summed E-state index contributed by atoms with van der Waals surface area (Å²) in [6, 6.07) is 9.12. The topological polar surface area (TPSA) is 119 Å². The number of halogens is 1. The van der Waals surface area contributed by atoms with Crippen LogP contribution in [-0.4, -0.2) is 5.91 Å². The number of aryl methyl sites for hydroxylation is 1. The zero-order valence-electron chi connectivity index (χ0n) is 12.6. The standard InChI is InChI=1S/C16H12BrN5OS/c1-7-4-9(2-3-11(7)17)21-15(23)13-12(19)10-5-8(6-18)14(20)22-16(10)24-13/h2-5H,19H2,1H3,(H2,20,22)(H,21,23)/p+1. The summed E-state index contributed by atoms with van der Waals surface area (Å²) in [4.78, 5) is 16.5. The van der Waals surface area contributed by atoms with Gasteiger partial charge in [-0.3, -0.25) is 10.5 Å². The van der Waals surface area contributed by atoms with Crippen LogP contribution in [0.4, 0.5) is 17.2 Å². The van der Waals surface area contributed by atoms with E-state index in [1.54, 1.807) is 12.1 Å². The summed E-state index contributed by atoms with van der Waals surface area (Å²) >= 11 is 4.62. The summed E-state index contributed by atoms with van der Waals surface area (Å²) in [5.41, 5.74) is 14.2. The van der Waals surface area contributed by atoms with Crippen molar-refractivity contribution in [3.63, 3.8) is 0 Å². The summed E-state index contributed by atoms with van der Waals surface area (Å²) in [6.07, 6.45) is 0. The maximum Gasteiger partial charge on any atom is 0.289 e. The number of nitriles is 1. The van der Waals surface area contributed by atoms with E-state index in [4.69, 9.17) is 16.7 Å². The monoisotopic (exact) mass is 402 g/mol. The highest BCUT2D eigenvalue weighted by Gasteiger charge is 2.21. The molecule has 0 bridgehead atoms. The molecule has 0 atom stereocenters. The Labute approximate surface area is 150 Å². The van der Waals surface area contributed by atoms with E-state index in [2.05, 4.69) is 26.2 Å². The number of hydrogen-bond donors (Lipinski definition) is 3. The normalized spacial score (nSPS) is 10.5. The number of nitrogens with two attached hydrogens (primary N) is 2. The number of nitrogen functional groups attached to an aromatic ring is 2. The number of thiophene rings is 1. The number of rotatable bonds is 2. The highest BCUT2D eigenvalue weighted by molar-refractivity contribution is 9.10. The van der Waals surface area contributed by atoms with E-state index in [0.717, 1.165) is 10.0 Å². The van der Waals surface area contributed by atoms with Gasteiger partial charge in [0.1, 0.15) is 16.5 Å². The van der Waals surface area contributed by atoms with Crippen molar-refractivity contribution in [2.24, 2.45) is 0 Å². The van der Waals surface area contributed by atoms with Gasteiger partial charge in [-0.25, -0.2) is 4.98 Å². The summed E-state index contributed by atoms with van der Waals surface area (Å²) in [7, 11) is 0. The highest BCUT2D eigenvalue weighted by Crippen LogP contribution is 2.33. The van der Waals surface area contributed by atoms with Gasteiger partial charge >= 0.3 is 0 Å². The molecule has 0 aliphatic heterocycles. The molecule has 2 heterocycles. The number of carbonyl (C=O) groups is 1. The van der Waals surface area contributed by atoms with Gasteiger partial charge < -0.3 is 11.1 Å². The van der Waals surface area contributed by atoms with Crippen molar-refractivity contribution < 1.29 is 9.78 Å². The number of benzene rings is 1. The molecule has 24 heavy (non-hydrogen) atoms. The van der Waals surface area contributed by atoms with Crippen molar-refractivity contribution in [1.82, 2.24) is 0 Å². The zero-order valence-corrected chi connectivity index (χ0v) is 15.0. The van der Waals surface area contributed by atoms with E-state index < -0.39 is 0 Å². The second-order valence-corrected chi connectivity index (χ2v) is 7.09. The first kappa shape index (κ1) is 16.2. The molecule has 0 unspecified atom stereocenters. The molecule has 6 nitrogen and oxygen atoms in total. The molecule has 1 aromatic carbocycles. The van der Waals surface area contributed by atoms with Crippen LogP contribution in [0.2, 0.25) is 0 Å². The lowest BCUT2D eigenvalue weighted by Gasteiger charge is -2.06. The van der Waals surface area contributed by atoms with Crippen LogP contribution in [0.1, 0.15) is 20.8 Å². The third kappa shape index (κ3) is 2.79. The first-order valence-electron chi connectivity index (χ1n) is 6.92. The van der Waals surface area contributed by atoms with E-state index in [-0.39, 0.29) is 11.7 Å². The van der Waals surface area contributed by atoms with Crippen LogP contribution in [0.25, 0.3) is 10.2 Å². The lowest BCUT2D eigenvalue weighted by Crippen LogP contribution is -2.12. The van der Waals surface area contributed by atoms with Crippen LogP contribution in [0, 0.1) is 18.3 Å². The number of aromatic amines is 1. The Bertz CT molecular complexity index is 1020. The summed E-state index contributed by atoms with van der Waals surface area (Å²) in [5, 5.41) is 12.5. The number of nitrogens with one attached hydrogen (secondary N) is 2. The minimum atomic E-state index is -0.305. The number of anilines is 3. The molecule has 3 aromatic rings. The fourth-order valence-electron chi connectivity index (χ4n) is 2.28. The van der Waals surface area contributed by atoms with Gasteiger partial charge in [0.25, 0.3) is 11.7 Å². The van der Waals surface area contributed by atoms with Gasteiger partial charge in [-0.15, -0.1) is 0 Å². The first-order chi connectivity index (χ1) is 11.4. The number of hydrogen-bond acceptors (Lipinski definition) is 5. The Kier molecular flexibility index (Phi) is 4.13. The number of H-pyrrole nitrogens is 1. The van der Waals surface area contributed by atoms with Crippen molar-refractivity contribution in [3.8, 4) is 6.07 Å². The Morgan fingerprint density at radius 2 is 2.12 bits per heavy atom. The van der Waals surface area contributed by atoms with Crippen molar-refractivity contribution in [1.29, 1.82) is 5.26 Å². The third-order valence-electron chi connectivity index (χ3n) is 3.55. The molecule has 0 aliphatic carbocycles. The fraction of sp³-hybridized carbons (Fsp3) is 0.0625. The predicted octanol–water partition coefficient (Wildman–Crippen LogP) is 3.07. The molecule has 0 radical (unpaired) electrons. The van der Waals surface area contributed by atoms with Crippen molar-refractivity contribution in [3.05, 3.63) is 44.7 Å². The number of fused-ring (bicyclic) bond motifs is 1. The number of amides is 1. The molecule has 3 rings (SSSR count). The van der Waals surface area contributed by atoms with Crippen LogP contribution < -0.4 is 21.8 Å².